The molecule has 0 radical (unpaired) electrons. The van der Waals surface area contributed by atoms with E-state index in [-0.39, 0.29) is 0 Å². The summed E-state index contributed by atoms with van der Waals surface area (Å²) < 4.78 is 7.31. The van der Waals surface area contributed by atoms with Crippen LogP contribution in [-0.2, 0) is 0 Å². The predicted molar refractivity (Wildman–Crippen MR) is 71.6 cm³/mol. The highest BCUT2D eigenvalue weighted by atomic mass is 16.5. The van der Waals surface area contributed by atoms with Crippen molar-refractivity contribution < 1.29 is 4.74 Å². The molecule has 2 aromatic rings. The molecule has 1 fully saturated rings. The number of aryl methyl sites for hydroxylation is 1. The number of anilines is 1. The first-order valence-corrected chi connectivity index (χ1v) is 6.19. The molecule has 0 atom stereocenters. The second-order valence-electron chi connectivity index (χ2n) is 4.72. The molecule has 4 nitrogen and oxygen atoms in total. The summed E-state index contributed by atoms with van der Waals surface area (Å²) in [6, 6.07) is 8.41. The molecule has 1 aliphatic rings. The van der Waals surface area contributed by atoms with Gasteiger partial charge in [0.1, 0.15) is 23.1 Å². The van der Waals surface area contributed by atoms with Crippen LogP contribution in [0.4, 0.5) is 5.82 Å². The Morgan fingerprint density at radius 2 is 1.94 bits per heavy atom. The molecule has 0 aliphatic heterocycles. The van der Waals surface area contributed by atoms with Crippen LogP contribution in [0, 0.1) is 6.92 Å². The average molecular weight is 243 g/mol. The zero-order valence-corrected chi connectivity index (χ0v) is 10.7. The van der Waals surface area contributed by atoms with Gasteiger partial charge in [-0.15, -0.1) is 0 Å². The van der Waals surface area contributed by atoms with Gasteiger partial charge in [-0.2, -0.15) is 0 Å². The van der Waals surface area contributed by atoms with E-state index >= 15 is 0 Å². The van der Waals surface area contributed by atoms with Crippen molar-refractivity contribution in [3.05, 3.63) is 30.1 Å². The Labute approximate surface area is 106 Å². The molecule has 0 spiro atoms. The lowest BCUT2D eigenvalue weighted by molar-refractivity contribution is 0.415. The van der Waals surface area contributed by atoms with E-state index in [9.17, 15) is 0 Å². The molecule has 1 aliphatic carbocycles. The fourth-order valence-corrected chi connectivity index (χ4v) is 2.32. The Morgan fingerprint density at radius 1 is 1.28 bits per heavy atom. The van der Waals surface area contributed by atoms with Crippen molar-refractivity contribution in [3.63, 3.8) is 0 Å². The van der Waals surface area contributed by atoms with Gasteiger partial charge in [-0.05, 0) is 44.0 Å². The van der Waals surface area contributed by atoms with E-state index < -0.39 is 0 Å². The topological polar surface area (TPSA) is 53.1 Å². The van der Waals surface area contributed by atoms with E-state index in [1.54, 1.807) is 7.11 Å². The monoisotopic (exact) mass is 243 g/mol. The third-order valence-corrected chi connectivity index (χ3v) is 3.40. The van der Waals surface area contributed by atoms with Crippen molar-refractivity contribution in [2.45, 2.75) is 25.8 Å². The van der Waals surface area contributed by atoms with Crippen LogP contribution >= 0.6 is 0 Å². The second-order valence-corrected chi connectivity index (χ2v) is 4.72. The van der Waals surface area contributed by atoms with E-state index in [1.807, 2.05) is 31.2 Å². The number of nitrogens with zero attached hydrogens (tertiary/aromatic N) is 2. The van der Waals surface area contributed by atoms with E-state index in [0.29, 0.717) is 6.04 Å². The third-order valence-electron chi connectivity index (χ3n) is 3.40. The minimum atomic E-state index is 0.560. The van der Waals surface area contributed by atoms with Gasteiger partial charge in [0, 0.05) is 11.6 Å². The standard InChI is InChI=1S/C14H17N3O/c1-9-16-13(14(15)17(9)11-5-6-11)10-3-7-12(18-2)8-4-10/h3-4,7-8,11H,5-6,15H2,1-2H3. The van der Waals surface area contributed by atoms with Gasteiger partial charge in [-0.1, -0.05) is 0 Å². The number of hydrogen-bond acceptors (Lipinski definition) is 3. The molecule has 0 saturated heterocycles. The molecule has 18 heavy (non-hydrogen) atoms. The first-order chi connectivity index (χ1) is 8.70. The number of nitrogens with two attached hydrogens (primary N) is 1. The zero-order valence-electron chi connectivity index (χ0n) is 10.7. The maximum Gasteiger partial charge on any atom is 0.131 e. The molecule has 0 bridgehead atoms. The molecule has 1 heterocycles. The van der Waals surface area contributed by atoms with Gasteiger partial charge in [-0.25, -0.2) is 4.98 Å². The first kappa shape index (κ1) is 11.1. The molecule has 4 heteroatoms. The van der Waals surface area contributed by atoms with E-state index in [0.717, 1.165) is 28.6 Å². The average Bonchev–Trinajstić information content (AvgIpc) is 3.16. The quantitative estimate of drug-likeness (QED) is 0.901. The summed E-state index contributed by atoms with van der Waals surface area (Å²) in [4.78, 5) is 4.59. The molecular weight excluding hydrogens is 226 g/mol. The van der Waals surface area contributed by atoms with E-state index in [4.69, 9.17) is 10.5 Å². The lowest BCUT2D eigenvalue weighted by atomic mass is 10.1. The largest absolute Gasteiger partial charge is 0.497 e. The molecule has 2 N–H and O–H groups in total. The van der Waals surface area contributed by atoms with Gasteiger partial charge in [0.05, 0.1) is 7.11 Å². The number of imidazole rings is 1. The molecule has 1 saturated carbocycles. The molecule has 3 rings (SSSR count). The highest BCUT2D eigenvalue weighted by Gasteiger charge is 2.28. The predicted octanol–water partition coefficient (Wildman–Crippen LogP) is 2.78. The van der Waals surface area contributed by atoms with Gasteiger partial charge in [0.15, 0.2) is 0 Å². The molecule has 1 aromatic carbocycles. The number of nitrogen functional groups attached to an aromatic ring is 1. The second kappa shape index (κ2) is 4.05. The Hall–Kier alpha value is -1.97. The van der Waals surface area contributed by atoms with Crippen molar-refractivity contribution in [2.24, 2.45) is 0 Å². The molecular formula is C14H17N3O. The summed E-state index contributed by atoms with van der Waals surface area (Å²) in [6.45, 7) is 2.02. The first-order valence-electron chi connectivity index (χ1n) is 6.19. The fourth-order valence-electron chi connectivity index (χ4n) is 2.32. The van der Waals surface area contributed by atoms with Crippen LogP contribution in [0.3, 0.4) is 0 Å². The summed E-state index contributed by atoms with van der Waals surface area (Å²) in [7, 11) is 1.66. The lowest BCUT2D eigenvalue weighted by Crippen LogP contribution is -2.02. The fraction of sp³-hybridized carbons (Fsp3) is 0.357. The van der Waals surface area contributed by atoms with E-state index in [1.165, 1.54) is 12.8 Å². The number of hydrogen-bond donors (Lipinski definition) is 1. The van der Waals surface area contributed by atoms with Crippen LogP contribution in [-0.4, -0.2) is 16.7 Å². The van der Waals surface area contributed by atoms with Crippen LogP contribution in [0.25, 0.3) is 11.3 Å². The minimum absolute atomic E-state index is 0.560. The number of benzene rings is 1. The number of rotatable bonds is 3. The molecule has 94 valence electrons. The smallest absolute Gasteiger partial charge is 0.131 e. The Morgan fingerprint density at radius 3 is 2.50 bits per heavy atom. The Balaban J connectivity index is 2.02. The third kappa shape index (κ3) is 1.74. The summed E-state index contributed by atoms with van der Waals surface area (Å²) in [5, 5.41) is 0. The van der Waals surface area contributed by atoms with Gasteiger partial charge in [-0.3, -0.25) is 0 Å². The SMILES string of the molecule is COc1ccc(-c2nc(C)n(C3CC3)c2N)cc1. The number of methoxy groups -OCH3 is 1. The number of ether oxygens (including phenoxy) is 1. The summed E-state index contributed by atoms with van der Waals surface area (Å²) >= 11 is 0. The molecule has 1 aromatic heterocycles. The van der Waals surface area contributed by atoms with Gasteiger partial charge < -0.3 is 15.0 Å². The van der Waals surface area contributed by atoms with Crippen LogP contribution in [0.15, 0.2) is 24.3 Å². The lowest BCUT2D eigenvalue weighted by Gasteiger charge is -2.05. The van der Waals surface area contributed by atoms with Crippen LogP contribution in [0.1, 0.15) is 24.7 Å². The highest BCUT2D eigenvalue weighted by molar-refractivity contribution is 5.71. The van der Waals surface area contributed by atoms with Crippen molar-refractivity contribution in [2.75, 3.05) is 12.8 Å². The van der Waals surface area contributed by atoms with Crippen molar-refractivity contribution in [1.82, 2.24) is 9.55 Å². The molecule has 0 amide bonds. The van der Waals surface area contributed by atoms with E-state index in [2.05, 4.69) is 9.55 Å². The maximum atomic E-state index is 6.22. The zero-order chi connectivity index (χ0) is 12.7. The van der Waals surface area contributed by atoms with Crippen LogP contribution in [0.5, 0.6) is 5.75 Å². The minimum Gasteiger partial charge on any atom is -0.497 e. The molecule has 0 unspecified atom stereocenters. The van der Waals surface area contributed by atoms with Crippen molar-refractivity contribution in [3.8, 4) is 17.0 Å². The summed E-state index contributed by atoms with van der Waals surface area (Å²) in [5.41, 5.74) is 8.13. The maximum absolute atomic E-state index is 6.22. The van der Waals surface area contributed by atoms with Gasteiger partial charge >= 0.3 is 0 Å². The van der Waals surface area contributed by atoms with Crippen molar-refractivity contribution in [1.29, 1.82) is 0 Å². The Kier molecular flexibility index (Phi) is 2.51. The van der Waals surface area contributed by atoms with Crippen LogP contribution < -0.4 is 10.5 Å². The van der Waals surface area contributed by atoms with Crippen LogP contribution in [0.2, 0.25) is 0 Å². The van der Waals surface area contributed by atoms with Gasteiger partial charge in [0.2, 0.25) is 0 Å². The van der Waals surface area contributed by atoms with Gasteiger partial charge in [0.25, 0.3) is 0 Å². The highest BCUT2D eigenvalue weighted by Crippen LogP contribution is 2.40. The summed E-state index contributed by atoms with van der Waals surface area (Å²) in [5.74, 6) is 2.62. The normalized spacial score (nSPS) is 14.8. The number of aromatic nitrogens is 2. The summed E-state index contributed by atoms with van der Waals surface area (Å²) in [6.07, 6.45) is 2.42. The Bertz CT molecular complexity index is 567. The van der Waals surface area contributed by atoms with Crippen molar-refractivity contribution >= 4 is 5.82 Å².